The summed E-state index contributed by atoms with van der Waals surface area (Å²) in [5.74, 6) is 0. The van der Waals surface area contributed by atoms with E-state index in [1.165, 1.54) is 27.5 Å². The second-order valence-corrected chi connectivity index (χ2v) is 5.80. The van der Waals surface area contributed by atoms with Gasteiger partial charge in [-0.3, -0.25) is 4.98 Å². The van der Waals surface area contributed by atoms with E-state index in [2.05, 4.69) is 79.7 Å². The molecule has 1 aromatic heterocycles. The third-order valence-corrected chi connectivity index (χ3v) is 4.20. The van der Waals surface area contributed by atoms with Crippen LogP contribution in [0.2, 0.25) is 0 Å². The Bertz CT molecular complexity index is 954. The lowest BCUT2D eigenvalue weighted by Gasteiger charge is -2.11. The molecule has 1 nitrogen and oxygen atoms in total. The summed E-state index contributed by atoms with van der Waals surface area (Å²) in [6, 6.07) is 27.5. The minimum absolute atomic E-state index is 1.04. The topological polar surface area (TPSA) is 12.9 Å². The van der Waals surface area contributed by atoms with Crippen molar-refractivity contribution in [3.05, 3.63) is 90.6 Å². The molecule has 4 aromatic rings. The zero-order valence-electron chi connectivity index (χ0n) is 13.0. The molecule has 1 heteroatoms. The fourth-order valence-corrected chi connectivity index (χ4v) is 2.98. The molecule has 0 aliphatic heterocycles. The highest BCUT2D eigenvalue weighted by molar-refractivity contribution is 6.03. The number of benzene rings is 3. The Labute approximate surface area is 136 Å². The highest BCUT2D eigenvalue weighted by Crippen LogP contribution is 2.33. The van der Waals surface area contributed by atoms with Crippen LogP contribution in [0.3, 0.4) is 0 Å². The summed E-state index contributed by atoms with van der Waals surface area (Å²) in [5.41, 5.74) is 5.84. The average Bonchev–Trinajstić information content (AvgIpc) is 2.62. The molecule has 0 aliphatic rings. The molecule has 4 rings (SSSR count). The van der Waals surface area contributed by atoms with E-state index in [0.29, 0.717) is 0 Å². The number of fused-ring (bicyclic) bond motifs is 1. The average molecular weight is 295 g/mol. The van der Waals surface area contributed by atoms with Gasteiger partial charge in [-0.05, 0) is 17.9 Å². The molecule has 110 valence electrons. The second-order valence-electron chi connectivity index (χ2n) is 5.80. The number of hydrogen-bond acceptors (Lipinski definition) is 1. The van der Waals surface area contributed by atoms with E-state index in [0.717, 1.165) is 11.3 Å². The lowest BCUT2D eigenvalue weighted by Crippen LogP contribution is -1.90. The van der Waals surface area contributed by atoms with E-state index in [9.17, 15) is 0 Å². The SMILES string of the molecule is Cc1ccc(-c2ncc(-c3ccccc3)c3ccccc23)cc1. The van der Waals surface area contributed by atoms with Gasteiger partial charge in [-0.1, -0.05) is 84.4 Å². The predicted molar refractivity (Wildman–Crippen MR) is 97.4 cm³/mol. The molecule has 0 saturated carbocycles. The monoisotopic (exact) mass is 295 g/mol. The van der Waals surface area contributed by atoms with Crippen LogP contribution in [0.25, 0.3) is 33.2 Å². The maximum atomic E-state index is 4.78. The minimum Gasteiger partial charge on any atom is -0.255 e. The van der Waals surface area contributed by atoms with Crippen molar-refractivity contribution >= 4 is 10.8 Å². The van der Waals surface area contributed by atoms with Crippen LogP contribution in [-0.4, -0.2) is 4.98 Å². The molecule has 0 bridgehead atoms. The van der Waals surface area contributed by atoms with Crippen LogP contribution in [0.15, 0.2) is 85.1 Å². The third-order valence-electron chi connectivity index (χ3n) is 4.20. The fourth-order valence-electron chi connectivity index (χ4n) is 2.98. The van der Waals surface area contributed by atoms with Crippen LogP contribution in [0, 0.1) is 6.92 Å². The lowest BCUT2D eigenvalue weighted by atomic mass is 9.97. The van der Waals surface area contributed by atoms with Gasteiger partial charge in [0.2, 0.25) is 0 Å². The van der Waals surface area contributed by atoms with Crippen molar-refractivity contribution in [2.75, 3.05) is 0 Å². The standard InChI is InChI=1S/C22H17N/c1-16-11-13-18(14-12-16)22-20-10-6-5-9-19(20)21(15-23-22)17-7-3-2-4-8-17/h2-15H,1H3. The van der Waals surface area contributed by atoms with Gasteiger partial charge in [0.25, 0.3) is 0 Å². The second kappa shape index (κ2) is 5.69. The van der Waals surface area contributed by atoms with Crippen LogP contribution in [0.1, 0.15) is 5.56 Å². The van der Waals surface area contributed by atoms with Gasteiger partial charge in [0.05, 0.1) is 5.69 Å². The number of aromatic nitrogens is 1. The summed E-state index contributed by atoms with van der Waals surface area (Å²) in [6.07, 6.45) is 1.99. The van der Waals surface area contributed by atoms with Crippen molar-refractivity contribution in [2.24, 2.45) is 0 Å². The molecule has 0 amide bonds. The molecule has 0 spiro atoms. The van der Waals surface area contributed by atoms with Crippen molar-refractivity contribution in [2.45, 2.75) is 6.92 Å². The smallest absolute Gasteiger partial charge is 0.0780 e. The van der Waals surface area contributed by atoms with E-state index < -0.39 is 0 Å². The normalized spacial score (nSPS) is 10.8. The largest absolute Gasteiger partial charge is 0.255 e. The Morgan fingerprint density at radius 3 is 2.00 bits per heavy atom. The molecular weight excluding hydrogens is 278 g/mol. The van der Waals surface area contributed by atoms with Crippen LogP contribution in [-0.2, 0) is 0 Å². The fraction of sp³-hybridized carbons (Fsp3) is 0.0455. The van der Waals surface area contributed by atoms with Crippen LogP contribution in [0.4, 0.5) is 0 Å². The molecule has 0 aliphatic carbocycles. The summed E-state index contributed by atoms with van der Waals surface area (Å²) < 4.78 is 0. The zero-order chi connectivity index (χ0) is 15.6. The molecule has 3 aromatic carbocycles. The molecule has 0 fully saturated rings. The zero-order valence-corrected chi connectivity index (χ0v) is 13.0. The van der Waals surface area contributed by atoms with E-state index in [4.69, 9.17) is 4.98 Å². The molecule has 0 radical (unpaired) electrons. The van der Waals surface area contributed by atoms with Gasteiger partial charge in [0.15, 0.2) is 0 Å². The first kappa shape index (κ1) is 13.7. The van der Waals surface area contributed by atoms with E-state index in [1.54, 1.807) is 0 Å². The minimum atomic E-state index is 1.04. The van der Waals surface area contributed by atoms with E-state index in [-0.39, 0.29) is 0 Å². The van der Waals surface area contributed by atoms with Gasteiger partial charge in [0, 0.05) is 22.7 Å². The Hall–Kier alpha value is -2.93. The predicted octanol–water partition coefficient (Wildman–Crippen LogP) is 5.88. The first-order valence-corrected chi connectivity index (χ1v) is 7.83. The van der Waals surface area contributed by atoms with Crippen LogP contribution < -0.4 is 0 Å². The van der Waals surface area contributed by atoms with Crippen molar-refractivity contribution in [1.82, 2.24) is 4.98 Å². The Morgan fingerprint density at radius 1 is 0.609 bits per heavy atom. The third kappa shape index (κ3) is 2.51. The molecule has 0 saturated heterocycles. The van der Waals surface area contributed by atoms with Crippen LogP contribution >= 0.6 is 0 Å². The Morgan fingerprint density at radius 2 is 1.26 bits per heavy atom. The number of aryl methyl sites for hydroxylation is 1. The summed E-state index contributed by atoms with van der Waals surface area (Å²) >= 11 is 0. The number of rotatable bonds is 2. The Kier molecular flexibility index (Phi) is 3.39. The van der Waals surface area contributed by atoms with Crippen molar-refractivity contribution in [3.8, 4) is 22.4 Å². The quantitative estimate of drug-likeness (QED) is 0.450. The number of nitrogens with zero attached hydrogens (tertiary/aromatic N) is 1. The maximum absolute atomic E-state index is 4.78. The Balaban J connectivity index is 1.97. The molecule has 0 atom stereocenters. The molecular formula is C22H17N. The van der Waals surface area contributed by atoms with E-state index >= 15 is 0 Å². The van der Waals surface area contributed by atoms with E-state index in [1.807, 2.05) is 12.3 Å². The molecule has 0 N–H and O–H groups in total. The molecule has 1 heterocycles. The van der Waals surface area contributed by atoms with Crippen molar-refractivity contribution in [3.63, 3.8) is 0 Å². The van der Waals surface area contributed by atoms with Gasteiger partial charge in [-0.25, -0.2) is 0 Å². The summed E-state index contributed by atoms with van der Waals surface area (Å²) in [6.45, 7) is 2.10. The van der Waals surface area contributed by atoms with Gasteiger partial charge < -0.3 is 0 Å². The molecule has 0 unspecified atom stereocenters. The summed E-state index contributed by atoms with van der Waals surface area (Å²) in [4.78, 5) is 4.78. The van der Waals surface area contributed by atoms with Gasteiger partial charge >= 0.3 is 0 Å². The number of pyridine rings is 1. The summed E-state index contributed by atoms with van der Waals surface area (Å²) in [5, 5.41) is 2.43. The first-order valence-electron chi connectivity index (χ1n) is 7.83. The van der Waals surface area contributed by atoms with Crippen molar-refractivity contribution < 1.29 is 0 Å². The van der Waals surface area contributed by atoms with Crippen molar-refractivity contribution in [1.29, 1.82) is 0 Å². The highest BCUT2D eigenvalue weighted by Gasteiger charge is 2.10. The maximum Gasteiger partial charge on any atom is 0.0780 e. The van der Waals surface area contributed by atoms with Gasteiger partial charge in [0.1, 0.15) is 0 Å². The summed E-state index contributed by atoms with van der Waals surface area (Å²) in [7, 11) is 0. The van der Waals surface area contributed by atoms with Crippen LogP contribution in [0.5, 0.6) is 0 Å². The lowest BCUT2D eigenvalue weighted by molar-refractivity contribution is 1.35. The highest BCUT2D eigenvalue weighted by atomic mass is 14.7. The molecule has 23 heavy (non-hydrogen) atoms. The van der Waals surface area contributed by atoms with Gasteiger partial charge in [-0.2, -0.15) is 0 Å². The first-order chi connectivity index (χ1) is 11.3. The van der Waals surface area contributed by atoms with Gasteiger partial charge in [-0.15, -0.1) is 0 Å². The number of hydrogen-bond donors (Lipinski definition) is 0.